The molecular weight excluding hydrogens is 308 g/mol. The van der Waals surface area contributed by atoms with E-state index in [1.807, 2.05) is 18.2 Å². The summed E-state index contributed by atoms with van der Waals surface area (Å²) in [5, 5.41) is 9.23. The molecule has 0 radical (unpaired) electrons. The molecule has 0 bridgehead atoms. The Hall–Kier alpha value is -1.93. The van der Waals surface area contributed by atoms with E-state index in [4.69, 9.17) is 10.2 Å². The van der Waals surface area contributed by atoms with Crippen molar-refractivity contribution in [2.75, 3.05) is 5.75 Å². The molecule has 0 saturated heterocycles. The fraction of sp³-hybridized carbons (Fsp3) is 0.231. The molecular formula is C13H12N4O2S2. The number of nitrogens with two attached hydrogens (primary N) is 1. The summed E-state index contributed by atoms with van der Waals surface area (Å²) in [6, 6.07) is 8.04. The average Bonchev–Trinajstić information content (AvgIpc) is 3.09. The third kappa shape index (κ3) is 3.59. The van der Waals surface area contributed by atoms with Crippen LogP contribution in [0.4, 0.5) is 0 Å². The van der Waals surface area contributed by atoms with E-state index in [0.29, 0.717) is 17.5 Å². The Bertz CT molecular complexity index is 735. The van der Waals surface area contributed by atoms with Crippen LogP contribution in [-0.4, -0.2) is 26.8 Å². The first-order valence-electron chi connectivity index (χ1n) is 6.28. The minimum atomic E-state index is -0.408. The number of amides is 1. The number of aryl methyl sites for hydroxylation is 2. The summed E-state index contributed by atoms with van der Waals surface area (Å²) in [6.45, 7) is 0. The van der Waals surface area contributed by atoms with Gasteiger partial charge >= 0.3 is 0 Å². The van der Waals surface area contributed by atoms with Crippen molar-refractivity contribution in [2.45, 2.75) is 18.1 Å². The van der Waals surface area contributed by atoms with Crippen molar-refractivity contribution in [2.24, 2.45) is 5.73 Å². The summed E-state index contributed by atoms with van der Waals surface area (Å²) in [5.41, 5.74) is 6.08. The first-order chi connectivity index (χ1) is 10.2. The van der Waals surface area contributed by atoms with Gasteiger partial charge < -0.3 is 10.2 Å². The highest BCUT2D eigenvalue weighted by molar-refractivity contribution is 7.99. The van der Waals surface area contributed by atoms with Gasteiger partial charge in [-0.1, -0.05) is 23.9 Å². The first-order valence-corrected chi connectivity index (χ1v) is 8.09. The van der Waals surface area contributed by atoms with Crippen molar-refractivity contribution in [1.29, 1.82) is 0 Å². The van der Waals surface area contributed by atoms with Gasteiger partial charge in [-0.05, 0) is 12.1 Å². The standard InChI is InChI=1S/C13H12N4O2S2/c14-10(18)7-20-13-17-16-11(19-13)5-6-12-15-8-3-1-2-4-9(8)21-12/h1-4H,5-7H2,(H2,14,18). The van der Waals surface area contributed by atoms with Crippen LogP contribution in [0.5, 0.6) is 0 Å². The minimum Gasteiger partial charge on any atom is -0.416 e. The second-order valence-electron chi connectivity index (χ2n) is 4.29. The molecule has 3 rings (SSSR count). The van der Waals surface area contributed by atoms with E-state index in [0.717, 1.165) is 28.7 Å². The van der Waals surface area contributed by atoms with E-state index in [2.05, 4.69) is 21.2 Å². The fourth-order valence-electron chi connectivity index (χ4n) is 1.77. The average molecular weight is 320 g/mol. The number of rotatable bonds is 6. The maximum absolute atomic E-state index is 10.7. The lowest BCUT2D eigenvalue weighted by Gasteiger charge is -1.92. The van der Waals surface area contributed by atoms with E-state index >= 15 is 0 Å². The van der Waals surface area contributed by atoms with Crippen LogP contribution in [0.15, 0.2) is 33.9 Å². The molecule has 6 nitrogen and oxygen atoms in total. The van der Waals surface area contributed by atoms with Crippen LogP contribution < -0.4 is 5.73 Å². The Balaban J connectivity index is 1.60. The largest absolute Gasteiger partial charge is 0.416 e. The van der Waals surface area contributed by atoms with Crippen LogP contribution in [0.25, 0.3) is 10.2 Å². The number of hydrogen-bond acceptors (Lipinski definition) is 7. The summed E-state index contributed by atoms with van der Waals surface area (Å²) in [6.07, 6.45) is 1.38. The van der Waals surface area contributed by atoms with Crippen LogP contribution in [0, 0.1) is 0 Å². The zero-order chi connectivity index (χ0) is 14.7. The predicted molar refractivity (Wildman–Crippen MR) is 81.2 cm³/mol. The monoisotopic (exact) mass is 320 g/mol. The Morgan fingerprint density at radius 3 is 2.95 bits per heavy atom. The first kappa shape index (κ1) is 14.0. The van der Waals surface area contributed by atoms with Crippen molar-refractivity contribution in [3.8, 4) is 0 Å². The van der Waals surface area contributed by atoms with Gasteiger partial charge in [0.25, 0.3) is 5.22 Å². The minimum absolute atomic E-state index is 0.138. The molecule has 1 amide bonds. The van der Waals surface area contributed by atoms with Crippen molar-refractivity contribution in [3.63, 3.8) is 0 Å². The summed E-state index contributed by atoms with van der Waals surface area (Å²) in [5.74, 6) is 0.273. The van der Waals surface area contributed by atoms with Crippen LogP contribution >= 0.6 is 23.1 Å². The number of benzene rings is 1. The van der Waals surface area contributed by atoms with Crippen LogP contribution in [0.3, 0.4) is 0 Å². The van der Waals surface area contributed by atoms with Crippen LogP contribution in [0.2, 0.25) is 0 Å². The molecule has 2 N–H and O–H groups in total. The van der Waals surface area contributed by atoms with Crippen molar-refractivity contribution < 1.29 is 9.21 Å². The molecule has 1 aromatic carbocycles. The summed E-state index contributed by atoms with van der Waals surface area (Å²) >= 11 is 2.82. The quantitative estimate of drug-likeness (QED) is 0.698. The Morgan fingerprint density at radius 1 is 1.29 bits per heavy atom. The van der Waals surface area contributed by atoms with Crippen molar-refractivity contribution >= 4 is 39.2 Å². The molecule has 0 spiro atoms. The van der Waals surface area contributed by atoms with Gasteiger partial charge in [0, 0.05) is 12.8 Å². The highest BCUT2D eigenvalue weighted by Gasteiger charge is 2.10. The van der Waals surface area contributed by atoms with Crippen LogP contribution in [0.1, 0.15) is 10.9 Å². The zero-order valence-electron chi connectivity index (χ0n) is 11.0. The van der Waals surface area contributed by atoms with Gasteiger partial charge in [-0.3, -0.25) is 4.79 Å². The number of hydrogen-bond donors (Lipinski definition) is 1. The number of carbonyl (C=O) groups is 1. The van der Waals surface area contributed by atoms with Crippen LogP contribution in [-0.2, 0) is 17.6 Å². The van der Waals surface area contributed by atoms with Gasteiger partial charge in [0.15, 0.2) is 0 Å². The lowest BCUT2D eigenvalue weighted by molar-refractivity contribution is -0.115. The molecule has 0 atom stereocenters. The smallest absolute Gasteiger partial charge is 0.277 e. The maximum Gasteiger partial charge on any atom is 0.277 e. The Labute approximate surface area is 128 Å². The van der Waals surface area contributed by atoms with Gasteiger partial charge in [0.2, 0.25) is 11.8 Å². The summed E-state index contributed by atoms with van der Waals surface area (Å²) in [4.78, 5) is 15.2. The van der Waals surface area contributed by atoms with Gasteiger partial charge in [-0.15, -0.1) is 21.5 Å². The molecule has 21 heavy (non-hydrogen) atoms. The third-order valence-corrected chi connectivity index (χ3v) is 4.61. The normalized spacial score (nSPS) is 11.0. The Kier molecular flexibility index (Phi) is 4.16. The third-order valence-electron chi connectivity index (χ3n) is 2.68. The second kappa shape index (κ2) is 6.23. The highest BCUT2D eigenvalue weighted by Crippen LogP contribution is 2.23. The molecule has 0 aliphatic heterocycles. The summed E-state index contributed by atoms with van der Waals surface area (Å²) in [7, 11) is 0. The second-order valence-corrected chi connectivity index (χ2v) is 6.33. The van der Waals surface area contributed by atoms with Gasteiger partial charge in [0.05, 0.1) is 21.0 Å². The molecule has 108 valence electrons. The number of carbonyl (C=O) groups excluding carboxylic acids is 1. The molecule has 0 fully saturated rings. The molecule has 8 heteroatoms. The van der Waals surface area contributed by atoms with E-state index in [1.165, 1.54) is 4.70 Å². The van der Waals surface area contributed by atoms with E-state index in [1.54, 1.807) is 11.3 Å². The number of para-hydroxylation sites is 1. The molecule has 3 aromatic rings. The SMILES string of the molecule is NC(=O)CSc1nnc(CCc2nc3ccccc3s2)o1. The molecule has 0 aliphatic carbocycles. The van der Waals surface area contributed by atoms with Crippen molar-refractivity contribution in [1.82, 2.24) is 15.2 Å². The highest BCUT2D eigenvalue weighted by atomic mass is 32.2. The maximum atomic E-state index is 10.7. The van der Waals surface area contributed by atoms with Crippen molar-refractivity contribution in [3.05, 3.63) is 35.2 Å². The lowest BCUT2D eigenvalue weighted by atomic mass is 10.3. The molecule has 2 aromatic heterocycles. The number of aromatic nitrogens is 3. The lowest BCUT2D eigenvalue weighted by Crippen LogP contribution is -2.12. The number of nitrogens with zero attached hydrogens (tertiary/aromatic N) is 3. The number of fused-ring (bicyclic) bond motifs is 1. The predicted octanol–water partition coefficient (Wildman–Crippen LogP) is 2.04. The fourth-order valence-corrected chi connectivity index (χ4v) is 3.26. The van der Waals surface area contributed by atoms with E-state index in [9.17, 15) is 4.79 Å². The number of primary amides is 1. The van der Waals surface area contributed by atoms with Gasteiger partial charge in [0.1, 0.15) is 0 Å². The summed E-state index contributed by atoms with van der Waals surface area (Å²) < 4.78 is 6.62. The molecule has 2 heterocycles. The molecule has 0 aliphatic rings. The van der Waals surface area contributed by atoms with Gasteiger partial charge in [-0.2, -0.15) is 0 Å². The Morgan fingerprint density at radius 2 is 2.14 bits per heavy atom. The number of thiazole rings is 1. The van der Waals surface area contributed by atoms with E-state index < -0.39 is 5.91 Å². The van der Waals surface area contributed by atoms with E-state index in [-0.39, 0.29) is 5.75 Å². The molecule has 0 unspecified atom stereocenters. The zero-order valence-corrected chi connectivity index (χ0v) is 12.6. The van der Waals surface area contributed by atoms with Gasteiger partial charge in [-0.25, -0.2) is 4.98 Å². The topological polar surface area (TPSA) is 94.9 Å². The number of thioether (sulfide) groups is 1. The molecule has 0 saturated carbocycles.